The minimum absolute atomic E-state index is 0.0688. The van der Waals surface area contributed by atoms with Gasteiger partial charge in [0.25, 0.3) is 5.91 Å². The fourth-order valence-electron chi connectivity index (χ4n) is 2.99. The van der Waals surface area contributed by atoms with Crippen LogP contribution in [-0.2, 0) is 0 Å². The van der Waals surface area contributed by atoms with Gasteiger partial charge < -0.3 is 11.5 Å². The Morgan fingerprint density at radius 3 is 2.70 bits per heavy atom. The zero-order valence-corrected chi connectivity index (χ0v) is 13.0. The van der Waals surface area contributed by atoms with E-state index >= 15 is 0 Å². The van der Waals surface area contributed by atoms with E-state index in [1.807, 2.05) is 18.4 Å². The molecule has 23 heavy (non-hydrogen) atoms. The number of carbonyl (C=O) groups excluding carboxylic acids is 2. The summed E-state index contributed by atoms with van der Waals surface area (Å²) in [6, 6.07) is 5.26. The molecule has 0 radical (unpaired) electrons. The first-order valence-corrected chi connectivity index (χ1v) is 7.78. The lowest BCUT2D eigenvalue weighted by atomic mass is 9.99. The normalized spacial score (nSPS) is 12.3. The highest BCUT2D eigenvalue weighted by Crippen LogP contribution is 2.44. The van der Waals surface area contributed by atoms with E-state index in [0.29, 0.717) is 22.5 Å². The fraction of sp³-hybridized carbons (Fsp3) is 0.0625. The maximum Gasteiger partial charge on any atom is 0.251 e. The number of thiophene rings is 1. The van der Waals surface area contributed by atoms with Crippen molar-refractivity contribution in [2.75, 3.05) is 5.73 Å². The maximum absolute atomic E-state index is 12.9. The maximum atomic E-state index is 12.9. The quantitative estimate of drug-likeness (QED) is 0.491. The second-order valence-corrected chi connectivity index (χ2v) is 6.32. The van der Waals surface area contributed by atoms with Crippen molar-refractivity contribution in [3.05, 3.63) is 45.8 Å². The monoisotopic (exact) mass is 324 g/mol. The van der Waals surface area contributed by atoms with Crippen molar-refractivity contribution >= 4 is 28.7 Å². The zero-order valence-electron chi connectivity index (χ0n) is 12.1. The minimum Gasteiger partial charge on any atom is -0.398 e. The number of benzene rings is 1. The van der Waals surface area contributed by atoms with Gasteiger partial charge in [0.2, 0.25) is 0 Å². The molecule has 2 aromatic heterocycles. The standard InChI is InChI=1S/C16H12N4O2S/c1-6-4-5-23-15(6)13-11-12(19-20-13)7-2-3-8(17)10(16(18)22)9(7)14(11)21/h2-5H,17H2,1H3,(H2,18,22)(H,19,20). The summed E-state index contributed by atoms with van der Waals surface area (Å²) in [6.45, 7) is 1.97. The van der Waals surface area contributed by atoms with E-state index in [4.69, 9.17) is 11.5 Å². The lowest BCUT2D eigenvalue weighted by molar-refractivity contribution is 0.0983. The van der Waals surface area contributed by atoms with Crippen molar-refractivity contribution in [1.82, 2.24) is 10.2 Å². The zero-order chi connectivity index (χ0) is 16.3. The molecule has 0 aliphatic heterocycles. The molecular formula is C16H12N4O2S. The van der Waals surface area contributed by atoms with Gasteiger partial charge in [0.15, 0.2) is 5.78 Å². The first-order chi connectivity index (χ1) is 11.0. The number of amides is 1. The molecule has 0 saturated heterocycles. The summed E-state index contributed by atoms with van der Waals surface area (Å²) in [5, 5.41) is 9.19. The van der Waals surface area contributed by atoms with Crippen LogP contribution in [0.5, 0.6) is 0 Å². The molecule has 7 heteroatoms. The van der Waals surface area contributed by atoms with Gasteiger partial charge in [0, 0.05) is 16.8 Å². The number of H-pyrrole nitrogens is 1. The highest BCUT2D eigenvalue weighted by atomic mass is 32.1. The number of hydrogen-bond acceptors (Lipinski definition) is 5. The second kappa shape index (κ2) is 4.53. The Balaban J connectivity index is 2.01. The molecule has 1 aliphatic rings. The highest BCUT2D eigenvalue weighted by Gasteiger charge is 2.37. The van der Waals surface area contributed by atoms with Crippen LogP contribution < -0.4 is 11.5 Å². The van der Waals surface area contributed by atoms with E-state index in [0.717, 1.165) is 10.4 Å². The number of aromatic amines is 1. The Labute approximate surface area is 135 Å². The predicted molar refractivity (Wildman–Crippen MR) is 88.4 cm³/mol. The lowest BCUT2D eigenvalue weighted by Crippen LogP contribution is -2.18. The third kappa shape index (κ3) is 1.71. The molecule has 114 valence electrons. The van der Waals surface area contributed by atoms with Crippen molar-refractivity contribution in [2.24, 2.45) is 5.73 Å². The van der Waals surface area contributed by atoms with E-state index in [-0.39, 0.29) is 22.6 Å². The summed E-state index contributed by atoms with van der Waals surface area (Å²) in [4.78, 5) is 25.6. The Morgan fingerprint density at radius 2 is 2.04 bits per heavy atom. The molecule has 0 spiro atoms. The number of nitrogens with one attached hydrogen (secondary N) is 1. The average Bonchev–Trinajstić information content (AvgIpc) is 3.16. The van der Waals surface area contributed by atoms with Gasteiger partial charge in [-0.2, -0.15) is 5.10 Å². The van der Waals surface area contributed by atoms with Crippen LogP contribution in [0.1, 0.15) is 31.8 Å². The summed E-state index contributed by atoms with van der Waals surface area (Å²) in [6.07, 6.45) is 0. The number of aryl methyl sites for hydroxylation is 1. The van der Waals surface area contributed by atoms with E-state index < -0.39 is 5.91 Å². The fourth-order valence-corrected chi connectivity index (χ4v) is 3.92. The molecule has 0 saturated carbocycles. The van der Waals surface area contributed by atoms with Gasteiger partial charge >= 0.3 is 0 Å². The molecule has 1 aliphatic carbocycles. The van der Waals surface area contributed by atoms with Crippen molar-refractivity contribution < 1.29 is 9.59 Å². The number of aromatic nitrogens is 2. The molecule has 4 rings (SSSR count). The number of rotatable bonds is 2. The number of carbonyl (C=O) groups is 2. The van der Waals surface area contributed by atoms with Crippen molar-refractivity contribution in [1.29, 1.82) is 0 Å². The molecule has 5 N–H and O–H groups in total. The molecule has 0 unspecified atom stereocenters. The number of fused-ring (bicyclic) bond motifs is 3. The van der Waals surface area contributed by atoms with E-state index in [9.17, 15) is 9.59 Å². The average molecular weight is 324 g/mol. The number of primary amides is 1. The number of nitrogens with zero attached hydrogens (tertiary/aromatic N) is 1. The third-order valence-electron chi connectivity index (χ3n) is 4.05. The first-order valence-electron chi connectivity index (χ1n) is 6.91. The molecule has 1 amide bonds. The topological polar surface area (TPSA) is 115 Å². The number of nitrogen functional groups attached to an aromatic ring is 1. The Kier molecular flexibility index (Phi) is 2.70. The number of ketones is 1. The van der Waals surface area contributed by atoms with Gasteiger partial charge in [-0.25, -0.2) is 0 Å². The van der Waals surface area contributed by atoms with Crippen LogP contribution in [0.25, 0.3) is 21.8 Å². The van der Waals surface area contributed by atoms with Gasteiger partial charge in [-0.15, -0.1) is 11.3 Å². The van der Waals surface area contributed by atoms with E-state index in [1.165, 1.54) is 11.3 Å². The minimum atomic E-state index is -0.712. The summed E-state index contributed by atoms with van der Waals surface area (Å²) in [5.41, 5.74) is 15.1. The summed E-state index contributed by atoms with van der Waals surface area (Å²) in [5.74, 6) is -0.983. The molecular weight excluding hydrogens is 312 g/mol. The molecule has 3 aromatic rings. The van der Waals surface area contributed by atoms with Crippen LogP contribution in [0.4, 0.5) is 5.69 Å². The van der Waals surface area contributed by atoms with Crippen molar-refractivity contribution in [2.45, 2.75) is 6.92 Å². The van der Waals surface area contributed by atoms with Crippen LogP contribution in [-0.4, -0.2) is 21.9 Å². The highest BCUT2D eigenvalue weighted by molar-refractivity contribution is 7.13. The van der Waals surface area contributed by atoms with Gasteiger partial charge in [-0.3, -0.25) is 14.7 Å². The van der Waals surface area contributed by atoms with Crippen molar-refractivity contribution in [3.8, 4) is 21.8 Å². The molecule has 2 heterocycles. The van der Waals surface area contributed by atoms with Crippen LogP contribution in [0.2, 0.25) is 0 Å². The smallest absolute Gasteiger partial charge is 0.251 e. The number of nitrogens with two attached hydrogens (primary N) is 2. The van der Waals surface area contributed by atoms with Gasteiger partial charge in [-0.05, 0) is 36.1 Å². The molecule has 1 aromatic carbocycles. The molecule has 0 bridgehead atoms. The Bertz CT molecular complexity index is 1000. The number of hydrogen-bond donors (Lipinski definition) is 3. The first kappa shape index (κ1) is 13.7. The van der Waals surface area contributed by atoms with Gasteiger partial charge in [0.1, 0.15) is 5.69 Å². The third-order valence-corrected chi connectivity index (χ3v) is 5.08. The SMILES string of the molecule is Cc1ccsc1-c1[nH]nc2c1C(=O)c1c-2ccc(N)c1C(N)=O. The predicted octanol–water partition coefficient (Wildman–Crippen LogP) is 2.34. The van der Waals surface area contributed by atoms with Crippen LogP contribution in [0, 0.1) is 6.92 Å². The molecule has 0 atom stereocenters. The lowest BCUT2D eigenvalue weighted by Gasteiger charge is -2.07. The van der Waals surface area contributed by atoms with E-state index in [1.54, 1.807) is 12.1 Å². The second-order valence-electron chi connectivity index (χ2n) is 5.40. The summed E-state index contributed by atoms with van der Waals surface area (Å²) >= 11 is 1.53. The Morgan fingerprint density at radius 1 is 1.26 bits per heavy atom. The molecule has 0 fully saturated rings. The van der Waals surface area contributed by atoms with Crippen molar-refractivity contribution in [3.63, 3.8) is 0 Å². The van der Waals surface area contributed by atoms with E-state index in [2.05, 4.69) is 10.2 Å². The van der Waals surface area contributed by atoms with Crippen LogP contribution in [0.15, 0.2) is 23.6 Å². The Hall–Kier alpha value is -2.93. The largest absolute Gasteiger partial charge is 0.398 e. The summed E-state index contributed by atoms with van der Waals surface area (Å²) < 4.78 is 0. The summed E-state index contributed by atoms with van der Waals surface area (Å²) in [7, 11) is 0. The number of anilines is 1. The van der Waals surface area contributed by atoms with Crippen LogP contribution >= 0.6 is 11.3 Å². The van der Waals surface area contributed by atoms with Gasteiger partial charge in [-0.1, -0.05) is 0 Å². The van der Waals surface area contributed by atoms with Gasteiger partial charge in [0.05, 0.1) is 21.7 Å². The molecule has 6 nitrogen and oxygen atoms in total. The van der Waals surface area contributed by atoms with Crippen LogP contribution in [0.3, 0.4) is 0 Å².